The van der Waals surface area contributed by atoms with Crippen LogP contribution in [0.1, 0.15) is 40.8 Å². The van der Waals surface area contributed by atoms with Crippen LogP contribution >= 0.6 is 0 Å². The maximum Gasteiger partial charge on any atom is -1.00 e. The van der Waals surface area contributed by atoms with E-state index in [1.165, 1.54) is 66.7 Å². The predicted molar refractivity (Wildman–Crippen MR) is 160 cm³/mol. The number of aryl methyl sites for hydroxylation is 1. The zero-order valence-corrected chi connectivity index (χ0v) is 26.8. The van der Waals surface area contributed by atoms with Crippen LogP contribution in [0.4, 0.5) is 0 Å². The molecule has 200 valence electrons. The van der Waals surface area contributed by atoms with Crippen LogP contribution < -0.4 is 24.8 Å². The van der Waals surface area contributed by atoms with Crippen LogP contribution in [-0.2, 0) is 23.2 Å². The fraction of sp³-hybridized carbons (Fsp3) is 0.111. The summed E-state index contributed by atoms with van der Waals surface area (Å²) in [5.74, 6) is 0. The number of benzene rings is 4. The quantitative estimate of drug-likeness (QED) is 0.278. The molecule has 0 N–H and O–H groups in total. The first kappa shape index (κ1) is 28.0. The van der Waals surface area contributed by atoms with Gasteiger partial charge in [0.05, 0.1) is 0 Å². The summed E-state index contributed by atoms with van der Waals surface area (Å²) in [5, 5.41) is 2.66. The SMILES string of the molecule is Cc1c(C)n(C2=Cc3ccccc3[CH]2[Zr+2][CH]2C(n3ccc4ccccc43)=Cc3ccccc32)c2ccccc12.[Cl-].[Cl-]. The van der Waals surface area contributed by atoms with Gasteiger partial charge in [-0.1, -0.05) is 0 Å². The number of nitrogens with zero attached hydrogens (tertiary/aromatic N) is 2. The summed E-state index contributed by atoms with van der Waals surface area (Å²) >= 11 is -1.12. The van der Waals surface area contributed by atoms with E-state index in [-0.39, 0.29) is 24.8 Å². The van der Waals surface area contributed by atoms with Gasteiger partial charge in [0.15, 0.2) is 0 Å². The van der Waals surface area contributed by atoms with Crippen LogP contribution in [0.2, 0.25) is 0 Å². The number of fused-ring (bicyclic) bond motifs is 4. The summed E-state index contributed by atoms with van der Waals surface area (Å²) < 4.78 is 5.96. The molecule has 2 atom stereocenters. The van der Waals surface area contributed by atoms with Crippen molar-refractivity contribution in [1.82, 2.24) is 9.13 Å². The van der Waals surface area contributed by atoms with Crippen molar-refractivity contribution in [2.75, 3.05) is 0 Å². The summed E-state index contributed by atoms with van der Waals surface area (Å²) in [7, 11) is 0. The Bertz CT molecular complexity index is 1990. The van der Waals surface area contributed by atoms with Gasteiger partial charge in [-0.15, -0.1) is 0 Å². The molecule has 2 nitrogen and oxygen atoms in total. The molecule has 0 amide bonds. The first-order chi connectivity index (χ1) is 19.2. The van der Waals surface area contributed by atoms with Crippen molar-refractivity contribution in [2.45, 2.75) is 21.1 Å². The van der Waals surface area contributed by atoms with Crippen LogP contribution in [0.5, 0.6) is 0 Å². The topological polar surface area (TPSA) is 9.86 Å². The molecule has 0 fully saturated rings. The largest absolute Gasteiger partial charge is 1.00 e. The van der Waals surface area contributed by atoms with Crippen LogP contribution in [0.15, 0.2) is 109 Å². The molecular weight excluding hydrogens is 623 g/mol. The molecule has 2 aromatic heterocycles. The summed E-state index contributed by atoms with van der Waals surface area (Å²) in [5.41, 5.74) is 14.1. The second-order valence-electron chi connectivity index (χ2n) is 10.7. The molecule has 2 aliphatic rings. The van der Waals surface area contributed by atoms with E-state index < -0.39 is 23.2 Å². The van der Waals surface area contributed by atoms with Crippen LogP contribution in [-0.4, -0.2) is 9.13 Å². The molecule has 2 heterocycles. The van der Waals surface area contributed by atoms with E-state index in [4.69, 9.17) is 0 Å². The van der Waals surface area contributed by atoms with Gasteiger partial charge in [0.2, 0.25) is 0 Å². The summed E-state index contributed by atoms with van der Waals surface area (Å²) in [6.45, 7) is 4.57. The molecule has 2 aliphatic carbocycles. The molecule has 0 bridgehead atoms. The van der Waals surface area contributed by atoms with Gasteiger partial charge >= 0.3 is 242 Å². The number of rotatable bonds is 4. The van der Waals surface area contributed by atoms with E-state index in [0.29, 0.717) is 7.25 Å². The average Bonchev–Trinajstić information content (AvgIpc) is 3.72. The zero-order valence-electron chi connectivity index (χ0n) is 22.9. The molecule has 6 aromatic rings. The van der Waals surface area contributed by atoms with Crippen LogP contribution in [0.25, 0.3) is 45.4 Å². The van der Waals surface area contributed by atoms with Crippen molar-refractivity contribution in [1.29, 1.82) is 0 Å². The molecule has 2 unspecified atom stereocenters. The number of para-hydroxylation sites is 2. The minimum Gasteiger partial charge on any atom is -1.00 e. The zero-order chi connectivity index (χ0) is 26.1. The minimum absolute atomic E-state index is 0. The van der Waals surface area contributed by atoms with Crippen molar-refractivity contribution < 1.29 is 48.0 Å². The van der Waals surface area contributed by atoms with Gasteiger partial charge in [-0.05, 0) is 0 Å². The van der Waals surface area contributed by atoms with Gasteiger partial charge in [-0.25, -0.2) is 0 Å². The fourth-order valence-electron chi connectivity index (χ4n) is 6.70. The molecule has 0 saturated carbocycles. The molecule has 4 aromatic carbocycles. The second kappa shape index (κ2) is 11.0. The molecular formula is C36H28Cl2N2Zr. The predicted octanol–water partition coefficient (Wildman–Crippen LogP) is 3.11. The molecule has 0 aliphatic heterocycles. The van der Waals surface area contributed by atoms with Gasteiger partial charge < -0.3 is 24.8 Å². The fourth-order valence-corrected chi connectivity index (χ4v) is 11.6. The Kier molecular flexibility index (Phi) is 7.49. The van der Waals surface area contributed by atoms with Crippen molar-refractivity contribution in [3.05, 3.63) is 143 Å². The van der Waals surface area contributed by atoms with Crippen LogP contribution in [0.3, 0.4) is 0 Å². The Morgan fingerprint density at radius 2 is 1.15 bits per heavy atom. The van der Waals surface area contributed by atoms with Crippen molar-refractivity contribution in [3.8, 4) is 0 Å². The van der Waals surface area contributed by atoms with Crippen molar-refractivity contribution in [2.24, 2.45) is 0 Å². The summed E-state index contributed by atoms with van der Waals surface area (Å²) in [6.07, 6.45) is 7.22. The van der Waals surface area contributed by atoms with E-state index in [1.807, 2.05) is 0 Å². The normalized spacial score (nSPS) is 16.8. The smallest absolute Gasteiger partial charge is 1.00 e. The molecule has 0 spiro atoms. The monoisotopic (exact) mass is 648 g/mol. The number of hydrogen-bond donors (Lipinski definition) is 0. The maximum atomic E-state index is 2.57. The Morgan fingerprint density at radius 3 is 1.88 bits per heavy atom. The van der Waals surface area contributed by atoms with Gasteiger partial charge in [-0.3, -0.25) is 0 Å². The third-order valence-corrected chi connectivity index (χ3v) is 13.3. The average molecular weight is 651 g/mol. The van der Waals surface area contributed by atoms with Gasteiger partial charge in [0.1, 0.15) is 0 Å². The van der Waals surface area contributed by atoms with E-state index >= 15 is 0 Å². The van der Waals surface area contributed by atoms with Crippen molar-refractivity contribution >= 4 is 45.4 Å². The number of allylic oxidation sites excluding steroid dienone is 2. The van der Waals surface area contributed by atoms with Crippen molar-refractivity contribution in [3.63, 3.8) is 0 Å². The minimum atomic E-state index is -1.12. The van der Waals surface area contributed by atoms with E-state index in [2.05, 4.69) is 144 Å². The third-order valence-electron chi connectivity index (χ3n) is 8.71. The van der Waals surface area contributed by atoms with Gasteiger partial charge in [0.25, 0.3) is 0 Å². The van der Waals surface area contributed by atoms with E-state index in [9.17, 15) is 0 Å². The summed E-state index contributed by atoms with van der Waals surface area (Å²) in [4.78, 5) is 0. The van der Waals surface area contributed by atoms with E-state index in [0.717, 1.165) is 0 Å². The Labute approximate surface area is 264 Å². The first-order valence-corrected chi connectivity index (χ1v) is 16.5. The van der Waals surface area contributed by atoms with Crippen LogP contribution in [0, 0.1) is 13.8 Å². The molecule has 41 heavy (non-hydrogen) atoms. The van der Waals surface area contributed by atoms with E-state index in [1.54, 1.807) is 0 Å². The molecule has 0 saturated heterocycles. The van der Waals surface area contributed by atoms with Gasteiger partial charge in [0, 0.05) is 0 Å². The number of aromatic nitrogens is 2. The summed E-state index contributed by atoms with van der Waals surface area (Å²) in [6, 6.07) is 38.1. The standard InChI is InChI=1S/C19H16N.C17H12N.2ClH.Zr/c1-13-14(2)20(19-10-6-5-9-18(13)19)17-11-15-7-3-4-8-16(15)12-17;1-2-7-15-12-16(11-14(15)6-1)18-10-9-13-5-3-4-8-17(13)18;;;/h3-12H,1-2H3;1-12H;2*1H;/q;;;;+2/p-2. The molecule has 8 rings (SSSR count). The number of halogens is 2. The second-order valence-corrected chi connectivity index (χ2v) is 14.4. The first-order valence-electron chi connectivity index (χ1n) is 13.7. The maximum absolute atomic E-state index is 2.57. The Hall–Kier alpha value is -3.10. The number of hydrogen-bond acceptors (Lipinski definition) is 0. The Balaban J connectivity index is 0.00000151. The molecule has 5 heteroatoms. The molecule has 0 radical (unpaired) electrons. The third kappa shape index (κ3) is 4.33. The van der Waals surface area contributed by atoms with Gasteiger partial charge in [-0.2, -0.15) is 0 Å². The Morgan fingerprint density at radius 1 is 0.585 bits per heavy atom.